The van der Waals surface area contributed by atoms with Crippen LogP contribution < -0.4 is 5.73 Å². The van der Waals surface area contributed by atoms with Crippen LogP contribution in [0.15, 0.2) is 30.3 Å². The molecule has 1 aromatic heterocycles. The monoisotopic (exact) mass is 201 g/mol. The summed E-state index contributed by atoms with van der Waals surface area (Å²) >= 11 is 1.22. The second kappa shape index (κ2) is 2.65. The number of nitrogens with two attached hydrogens (primary N) is 1. The Labute approximate surface area is 84.5 Å². The number of nitrogen functional groups attached to an aromatic ring is 1. The van der Waals surface area contributed by atoms with E-state index in [9.17, 15) is 0 Å². The minimum absolute atomic E-state index is 0.765. The smallest absolute Gasteiger partial charge is 0.114 e. The maximum absolute atomic E-state index is 5.92. The molecular weight excluding hydrogens is 194 g/mol. The highest BCUT2D eigenvalue weighted by molar-refractivity contribution is 7.00. The molecule has 0 saturated heterocycles. The van der Waals surface area contributed by atoms with Crippen LogP contribution in [0.2, 0.25) is 0 Å². The molecule has 0 bridgehead atoms. The molecule has 0 aliphatic heterocycles. The van der Waals surface area contributed by atoms with Crippen LogP contribution in [0.1, 0.15) is 0 Å². The van der Waals surface area contributed by atoms with E-state index < -0.39 is 0 Å². The predicted molar refractivity (Wildman–Crippen MR) is 59.3 cm³/mol. The molecule has 2 aromatic carbocycles. The van der Waals surface area contributed by atoms with E-state index in [2.05, 4.69) is 8.75 Å². The van der Waals surface area contributed by atoms with Crippen molar-refractivity contribution < 1.29 is 0 Å². The van der Waals surface area contributed by atoms with Gasteiger partial charge in [-0.05, 0) is 17.5 Å². The predicted octanol–water partition coefficient (Wildman–Crippen LogP) is 2.43. The molecule has 0 amide bonds. The second-order valence-electron chi connectivity index (χ2n) is 3.14. The molecule has 0 unspecified atom stereocenters. The lowest BCUT2D eigenvalue weighted by molar-refractivity contribution is 1.67. The van der Waals surface area contributed by atoms with Crippen molar-refractivity contribution in [3.05, 3.63) is 30.3 Å². The van der Waals surface area contributed by atoms with Gasteiger partial charge in [0.25, 0.3) is 0 Å². The molecule has 3 nitrogen and oxygen atoms in total. The number of hydrogen-bond donors (Lipinski definition) is 1. The van der Waals surface area contributed by atoms with Crippen molar-refractivity contribution in [1.82, 2.24) is 8.75 Å². The molecule has 0 fully saturated rings. The van der Waals surface area contributed by atoms with Gasteiger partial charge in [-0.1, -0.05) is 18.2 Å². The summed E-state index contributed by atoms with van der Waals surface area (Å²) in [5.41, 5.74) is 8.51. The van der Waals surface area contributed by atoms with Crippen molar-refractivity contribution >= 4 is 39.2 Å². The van der Waals surface area contributed by atoms with Gasteiger partial charge in [-0.25, -0.2) is 0 Å². The van der Waals surface area contributed by atoms with Crippen LogP contribution in [0.25, 0.3) is 21.8 Å². The van der Waals surface area contributed by atoms with Gasteiger partial charge >= 0.3 is 0 Å². The zero-order chi connectivity index (χ0) is 9.54. The highest BCUT2D eigenvalue weighted by Gasteiger charge is 2.05. The molecule has 0 aliphatic carbocycles. The lowest BCUT2D eigenvalue weighted by atomic mass is 10.1. The van der Waals surface area contributed by atoms with Crippen molar-refractivity contribution in [3.8, 4) is 0 Å². The molecule has 68 valence electrons. The fraction of sp³-hybridized carbons (Fsp3) is 0. The Hall–Kier alpha value is -1.68. The zero-order valence-corrected chi connectivity index (χ0v) is 8.08. The van der Waals surface area contributed by atoms with E-state index in [0.29, 0.717) is 0 Å². The topological polar surface area (TPSA) is 51.8 Å². The van der Waals surface area contributed by atoms with Crippen molar-refractivity contribution in [2.75, 3.05) is 5.73 Å². The van der Waals surface area contributed by atoms with Gasteiger partial charge in [-0.3, -0.25) is 0 Å². The SMILES string of the molecule is Nc1cccc2ccc3nsnc3c12. The normalized spacial score (nSPS) is 11.1. The number of hydrogen-bond acceptors (Lipinski definition) is 4. The third kappa shape index (κ3) is 0.914. The number of aromatic nitrogens is 2. The van der Waals surface area contributed by atoms with Crippen LogP contribution in [0.5, 0.6) is 0 Å². The van der Waals surface area contributed by atoms with Crippen LogP contribution in [-0.2, 0) is 0 Å². The van der Waals surface area contributed by atoms with Crippen molar-refractivity contribution in [3.63, 3.8) is 0 Å². The first kappa shape index (κ1) is 7.70. The highest BCUT2D eigenvalue weighted by Crippen LogP contribution is 2.28. The van der Waals surface area contributed by atoms with E-state index in [-0.39, 0.29) is 0 Å². The summed E-state index contributed by atoms with van der Waals surface area (Å²) in [4.78, 5) is 0. The van der Waals surface area contributed by atoms with Gasteiger partial charge < -0.3 is 5.73 Å². The number of benzene rings is 2. The molecular formula is C10H7N3S. The molecule has 14 heavy (non-hydrogen) atoms. The van der Waals surface area contributed by atoms with Crippen LogP contribution in [0.3, 0.4) is 0 Å². The van der Waals surface area contributed by atoms with Crippen LogP contribution in [0.4, 0.5) is 5.69 Å². The molecule has 1 heterocycles. The maximum Gasteiger partial charge on any atom is 0.114 e. The average Bonchev–Trinajstić information content (AvgIpc) is 2.65. The fourth-order valence-corrected chi connectivity index (χ4v) is 2.19. The quantitative estimate of drug-likeness (QED) is 0.568. The van der Waals surface area contributed by atoms with Crippen LogP contribution in [-0.4, -0.2) is 8.75 Å². The Bertz CT molecular complexity index is 615. The summed E-state index contributed by atoms with van der Waals surface area (Å²) in [6.45, 7) is 0. The molecule has 4 heteroatoms. The summed E-state index contributed by atoms with van der Waals surface area (Å²) < 4.78 is 8.44. The van der Waals surface area contributed by atoms with E-state index >= 15 is 0 Å². The van der Waals surface area contributed by atoms with E-state index in [1.807, 2.05) is 30.3 Å². The molecule has 0 aliphatic rings. The number of fused-ring (bicyclic) bond motifs is 3. The number of anilines is 1. The summed E-state index contributed by atoms with van der Waals surface area (Å²) in [6.07, 6.45) is 0. The molecule has 3 rings (SSSR count). The van der Waals surface area contributed by atoms with E-state index in [0.717, 1.165) is 27.5 Å². The zero-order valence-electron chi connectivity index (χ0n) is 7.27. The molecule has 2 N–H and O–H groups in total. The summed E-state index contributed by atoms with van der Waals surface area (Å²) in [7, 11) is 0. The summed E-state index contributed by atoms with van der Waals surface area (Å²) in [5, 5.41) is 2.13. The Morgan fingerprint density at radius 2 is 2.00 bits per heavy atom. The highest BCUT2D eigenvalue weighted by atomic mass is 32.1. The minimum Gasteiger partial charge on any atom is -0.398 e. The maximum atomic E-state index is 5.92. The van der Waals surface area contributed by atoms with Gasteiger partial charge in [0.1, 0.15) is 11.0 Å². The Morgan fingerprint density at radius 3 is 2.93 bits per heavy atom. The van der Waals surface area contributed by atoms with Crippen LogP contribution >= 0.6 is 11.7 Å². The lowest BCUT2D eigenvalue weighted by Crippen LogP contribution is -1.87. The standard InChI is InChI=1S/C10H7N3S/c11-7-3-1-2-6-4-5-8-10(9(6)7)13-14-12-8/h1-5H,11H2. The third-order valence-electron chi connectivity index (χ3n) is 2.30. The van der Waals surface area contributed by atoms with Crippen molar-refractivity contribution in [2.24, 2.45) is 0 Å². The van der Waals surface area contributed by atoms with Gasteiger partial charge in [-0.2, -0.15) is 8.75 Å². The van der Waals surface area contributed by atoms with Gasteiger partial charge in [0.05, 0.1) is 11.7 Å². The number of nitrogens with zero attached hydrogens (tertiary/aromatic N) is 2. The first-order valence-electron chi connectivity index (χ1n) is 4.26. The minimum atomic E-state index is 0.765. The molecule has 0 saturated carbocycles. The van der Waals surface area contributed by atoms with E-state index in [1.54, 1.807) is 0 Å². The first-order valence-corrected chi connectivity index (χ1v) is 4.99. The molecule has 0 radical (unpaired) electrons. The van der Waals surface area contributed by atoms with Crippen LogP contribution in [0, 0.1) is 0 Å². The third-order valence-corrected chi connectivity index (χ3v) is 2.84. The summed E-state index contributed by atoms with van der Waals surface area (Å²) in [5.74, 6) is 0. The van der Waals surface area contributed by atoms with Gasteiger partial charge in [-0.15, -0.1) is 0 Å². The fourth-order valence-electron chi connectivity index (χ4n) is 1.65. The first-order chi connectivity index (χ1) is 6.86. The molecule has 3 aromatic rings. The van der Waals surface area contributed by atoms with Crippen molar-refractivity contribution in [2.45, 2.75) is 0 Å². The largest absolute Gasteiger partial charge is 0.398 e. The van der Waals surface area contributed by atoms with Gasteiger partial charge in [0.15, 0.2) is 0 Å². The Balaban J connectivity index is 2.67. The van der Waals surface area contributed by atoms with Crippen molar-refractivity contribution in [1.29, 1.82) is 0 Å². The lowest BCUT2D eigenvalue weighted by Gasteiger charge is -2.00. The molecule has 0 atom stereocenters. The van der Waals surface area contributed by atoms with Gasteiger partial charge in [0.2, 0.25) is 0 Å². The van der Waals surface area contributed by atoms with Gasteiger partial charge in [0, 0.05) is 11.1 Å². The Kier molecular flexibility index (Phi) is 1.46. The number of rotatable bonds is 0. The van der Waals surface area contributed by atoms with E-state index in [4.69, 9.17) is 5.73 Å². The second-order valence-corrected chi connectivity index (χ2v) is 3.67. The average molecular weight is 201 g/mol. The van der Waals surface area contributed by atoms with E-state index in [1.165, 1.54) is 11.7 Å². The molecule has 0 spiro atoms. The Morgan fingerprint density at radius 1 is 1.07 bits per heavy atom. The summed E-state index contributed by atoms with van der Waals surface area (Å²) in [6, 6.07) is 9.87.